The molecule has 2 aromatic carbocycles. The summed E-state index contributed by atoms with van der Waals surface area (Å²) < 4.78 is 0.865. The van der Waals surface area contributed by atoms with Crippen LogP contribution in [0, 0.1) is 0 Å². The normalized spacial score (nSPS) is 12.0. The second kappa shape index (κ2) is 7.59. The minimum atomic E-state index is -0.0808. The summed E-state index contributed by atoms with van der Waals surface area (Å²) >= 11 is 9.26. The van der Waals surface area contributed by atoms with Gasteiger partial charge in [-0.3, -0.25) is 4.79 Å². The van der Waals surface area contributed by atoms with Crippen LogP contribution < -0.4 is 10.6 Å². The third-order valence-electron chi connectivity index (χ3n) is 3.09. The highest BCUT2D eigenvalue weighted by Crippen LogP contribution is 2.21. The molecule has 0 bridgehead atoms. The molecule has 2 rings (SSSR count). The fourth-order valence-corrected chi connectivity index (χ4v) is 2.38. The molecule has 0 saturated carbocycles. The number of rotatable bonds is 5. The maximum absolute atomic E-state index is 11.9. The maximum Gasteiger partial charge on any atom is 0.238 e. The average Bonchev–Trinajstić information content (AvgIpc) is 2.48. The molecule has 0 heterocycles. The quantitative estimate of drug-likeness (QED) is 0.823. The van der Waals surface area contributed by atoms with E-state index in [-0.39, 0.29) is 18.5 Å². The van der Waals surface area contributed by atoms with Crippen molar-refractivity contribution in [2.45, 2.75) is 13.0 Å². The van der Waals surface area contributed by atoms with E-state index in [1.165, 1.54) is 0 Å². The zero-order valence-corrected chi connectivity index (χ0v) is 13.9. The monoisotopic (exact) mass is 366 g/mol. The van der Waals surface area contributed by atoms with Gasteiger partial charge in [-0.2, -0.15) is 0 Å². The third-order valence-corrected chi connectivity index (χ3v) is 4.03. The van der Waals surface area contributed by atoms with Crippen molar-refractivity contribution in [2.24, 2.45) is 0 Å². The van der Waals surface area contributed by atoms with Gasteiger partial charge in [-0.25, -0.2) is 0 Å². The molecule has 0 aliphatic heterocycles. The zero-order valence-electron chi connectivity index (χ0n) is 11.6. The number of carbonyl (C=O) groups excluding carboxylic acids is 1. The lowest BCUT2D eigenvalue weighted by molar-refractivity contribution is -0.115. The lowest BCUT2D eigenvalue weighted by Crippen LogP contribution is -2.30. The number of benzene rings is 2. The van der Waals surface area contributed by atoms with E-state index in [1.807, 2.05) is 55.5 Å². The first-order chi connectivity index (χ1) is 10.1. The molecule has 0 aliphatic carbocycles. The number of anilines is 1. The largest absolute Gasteiger partial charge is 0.324 e. The maximum atomic E-state index is 11.9. The number of hydrogen-bond acceptors (Lipinski definition) is 2. The molecule has 2 N–H and O–H groups in total. The van der Waals surface area contributed by atoms with Crippen molar-refractivity contribution in [2.75, 3.05) is 11.9 Å². The first-order valence-electron chi connectivity index (χ1n) is 6.59. The van der Waals surface area contributed by atoms with Crippen LogP contribution in [-0.2, 0) is 4.79 Å². The predicted octanol–water partition coefficient (Wildman–Crippen LogP) is 4.39. The van der Waals surface area contributed by atoms with Crippen LogP contribution in [0.25, 0.3) is 0 Å². The summed E-state index contributed by atoms with van der Waals surface area (Å²) in [6.07, 6.45) is 0. The van der Waals surface area contributed by atoms with E-state index in [2.05, 4.69) is 26.6 Å². The van der Waals surface area contributed by atoms with Crippen molar-refractivity contribution in [1.29, 1.82) is 0 Å². The van der Waals surface area contributed by atoms with E-state index >= 15 is 0 Å². The Labute approximate surface area is 137 Å². The van der Waals surface area contributed by atoms with Gasteiger partial charge in [0, 0.05) is 15.5 Å². The minimum Gasteiger partial charge on any atom is -0.324 e. The zero-order chi connectivity index (χ0) is 15.2. The summed E-state index contributed by atoms with van der Waals surface area (Å²) in [6.45, 7) is 2.25. The van der Waals surface area contributed by atoms with Gasteiger partial charge in [0.05, 0.1) is 12.2 Å². The summed E-state index contributed by atoms with van der Waals surface area (Å²) in [5.41, 5.74) is 1.86. The number of para-hydroxylation sites is 1. The van der Waals surface area contributed by atoms with Gasteiger partial charge in [0.15, 0.2) is 0 Å². The first-order valence-corrected chi connectivity index (χ1v) is 7.76. The Morgan fingerprint density at radius 1 is 1.19 bits per heavy atom. The highest BCUT2D eigenvalue weighted by Gasteiger charge is 2.09. The van der Waals surface area contributed by atoms with Gasteiger partial charge in [0.2, 0.25) is 5.91 Å². The molecular weight excluding hydrogens is 352 g/mol. The molecule has 1 atom stereocenters. The van der Waals surface area contributed by atoms with Crippen molar-refractivity contribution in [1.82, 2.24) is 5.32 Å². The first kappa shape index (κ1) is 16.0. The van der Waals surface area contributed by atoms with Crippen molar-refractivity contribution in [3.63, 3.8) is 0 Å². The minimum absolute atomic E-state index is 0.0761. The van der Waals surface area contributed by atoms with Crippen LogP contribution in [-0.4, -0.2) is 12.5 Å². The van der Waals surface area contributed by atoms with Crippen LogP contribution in [0.5, 0.6) is 0 Å². The molecule has 0 saturated heterocycles. The second-order valence-corrected chi connectivity index (χ2v) is 5.97. The van der Waals surface area contributed by atoms with Crippen molar-refractivity contribution in [3.05, 3.63) is 63.6 Å². The highest BCUT2D eigenvalue weighted by atomic mass is 79.9. The molecule has 5 heteroatoms. The molecule has 1 unspecified atom stereocenters. The SMILES string of the molecule is CC(NCC(=O)Nc1ccccc1Br)c1ccc(Cl)cc1. The molecule has 0 aliphatic rings. The van der Waals surface area contributed by atoms with Crippen LogP contribution in [0.4, 0.5) is 5.69 Å². The number of hydrogen-bond donors (Lipinski definition) is 2. The van der Waals surface area contributed by atoms with E-state index in [9.17, 15) is 4.79 Å². The smallest absolute Gasteiger partial charge is 0.238 e. The van der Waals surface area contributed by atoms with Gasteiger partial charge in [-0.05, 0) is 52.7 Å². The Hall–Kier alpha value is -1.36. The van der Waals surface area contributed by atoms with Crippen LogP contribution in [0.3, 0.4) is 0 Å². The predicted molar refractivity (Wildman–Crippen MR) is 90.6 cm³/mol. The summed E-state index contributed by atoms with van der Waals surface area (Å²) in [5, 5.41) is 6.75. The van der Waals surface area contributed by atoms with Crippen molar-refractivity contribution >= 4 is 39.1 Å². The molecule has 2 aromatic rings. The highest BCUT2D eigenvalue weighted by molar-refractivity contribution is 9.10. The molecule has 110 valence electrons. The molecule has 0 radical (unpaired) electrons. The summed E-state index contributed by atoms with van der Waals surface area (Å²) in [7, 11) is 0. The van der Waals surface area contributed by atoms with Crippen LogP contribution in [0.15, 0.2) is 53.0 Å². The van der Waals surface area contributed by atoms with Gasteiger partial charge >= 0.3 is 0 Å². The second-order valence-electron chi connectivity index (χ2n) is 4.68. The average molecular weight is 368 g/mol. The summed E-state index contributed by atoms with van der Waals surface area (Å²) in [4.78, 5) is 11.9. The van der Waals surface area contributed by atoms with Gasteiger partial charge in [-0.15, -0.1) is 0 Å². The summed E-state index contributed by atoms with van der Waals surface area (Å²) in [5.74, 6) is -0.0808. The molecule has 0 spiro atoms. The fourth-order valence-electron chi connectivity index (χ4n) is 1.87. The molecule has 3 nitrogen and oxygen atoms in total. The Morgan fingerprint density at radius 2 is 1.86 bits per heavy atom. The Balaban J connectivity index is 1.86. The van der Waals surface area contributed by atoms with Crippen LogP contribution in [0.1, 0.15) is 18.5 Å². The molecule has 1 amide bonds. The summed E-state index contributed by atoms with van der Waals surface area (Å²) in [6, 6.07) is 15.2. The van der Waals surface area contributed by atoms with Crippen LogP contribution >= 0.6 is 27.5 Å². The van der Waals surface area contributed by atoms with E-state index < -0.39 is 0 Å². The molecular formula is C16H16BrClN2O. The number of amides is 1. The van der Waals surface area contributed by atoms with Gasteiger partial charge in [0.25, 0.3) is 0 Å². The fraction of sp³-hybridized carbons (Fsp3) is 0.188. The lowest BCUT2D eigenvalue weighted by atomic mass is 10.1. The van der Waals surface area contributed by atoms with Crippen molar-refractivity contribution < 1.29 is 4.79 Å². The number of nitrogens with one attached hydrogen (secondary N) is 2. The van der Waals surface area contributed by atoms with Gasteiger partial charge in [0.1, 0.15) is 0 Å². The van der Waals surface area contributed by atoms with E-state index in [0.29, 0.717) is 5.02 Å². The number of carbonyl (C=O) groups is 1. The standard InChI is InChI=1S/C16H16BrClN2O/c1-11(12-6-8-13(18)9-7-12)19-10-16(21)20-15-5-3-2-4-14(15)17/h2-9,11,19H,10H2,1H3,(H,20,21). The Kier molecular flexibility index (Phi) is 5.79. The van der Waals surface area contributed by atoms with Crippen molar-refractivity contribution in [3.8, 4) is 0 Å². The lowest BCUT2D eigenvalue weighted by Gasteiger charge is -2.14. The topological polar surface area (TPSA) is 41.1 Å². The van der Waals surface area contributed by atoms with Gasteiger partial charge in [-0.1, -0.05) is 35.9 Å². The molecule has 0 aromatic heterocycles. The molecule has 21 heavy (non-hydrogen) atoms. The Bertz CT molecular complexity index is 616. The van der Waals surface area contributed by atoms with E-state index in [1.54, 1.807) is 0 Å². The van der Waals surface area contributed by atoms with Gasteiger partial charge < -0.3 is 10.6 Å². The van der Waals surface area contributed by atoms with E-state index in [4.69, 9.17) is 11.6 Å². The van der Waals surface area contributed by atoms with E-state index in [0.717, 1.165) is 15.7 Å². The third kappa shape index (κ3) is 4.84. The Morgan fingerprint density at radius 3 is 2.52 bits per heavy atom. The molecule has 0 fully saturated rings. The number of halogens is 2. The van der Waals surface area contributed by atoms with Crippen LogP contribution in [0.2, 0.25) is 5.02 Å².